The largest absolute Gasteiger partial charge is 0.390 e. The van der Waals surface area contributed by atoms with E-state index in [1.54, 1.807) is 13.8 Å². The van der Waals surface area contributed by atoms with Crippen LogP contribution in [0, 0.1) is 17.0 Å². The molecule has 1 fully saturated rings. The van der Waals surface area contributed by atoms with Gasteiger partial charge in [-0.2, -0.15) is 4.98 Å². The Kier molecular flexibility index (Phi) is 3.76. The zero-order valence-electron chi connectivity index (χ0n) is 11.7. The van der Waals surface area contributed by atoms with Crippen molar-refractivity contribution in [1.82, 2.24) is 9.97 Å². The van der Waals surface area contributed by atoms with Crippen molar-refractivity contribution >= 4 is 17.5 Å². The zero-order valence-corrected chi connectivity index (χ0v) is 11.7. The Morgan fingerprint density at radius 3 is 2.75 bits per heavy atom. The second-order valence-electron chi connectivity index (χ2n) is 5.43. The number of hydrogen-bond donors (Lipinski definition) is 2. The lowest BCUT2D eigenvalue weighted by molar-refractivity contribution is -0.385. The Bertz CT molecular complexity index is 532. The predicted molar refractivity (Wildman–Crippen MR) is 74.5 cm³/mol. The number of anilines is 2. The molecule has 0 saturated carbocycles. The van der Waals surface area contributed by atoms with Crippen molar-refractivity contribution in [3.63, 3.8) is 0 Å². The van der Waals surface area contributed by atoms with Crippen molar-refractivity contribution in [3.8, 4) is 0 Å². The molecule has 1 saturated heterocycles. The summed E-state index contributed by atoms with van der Waals surface area (Å²) in [7, 11) is 0. The van der Waals surface area contributed by atoms with Gasteiger partial charge in [0.2, 0.25) is 11.8 Å². The molecule has 110 valence electrons. The third kappa shape index (κ3) is 2.96. The van der Waals surface area contributed by atoms with Crippen LogP contribution in [-0.4, -0.2) is 38.7 Å². The third-order valence-electron chi connectivity index (χ3n) is 3.60. The van der Waals surface area contributed by atoms with Crippen molar-refractivity contribution in [2.45, 2.75) is 38.7 Å². The number of hydrogen-bond acceptors (Lipinski definition) is 7. The van der Waals surface area contributed by atoms with E-state index < -0.39 is 10.5 Å². The molecule has 2 rings (SSSR count). The van der Waals surface area contributed by atoms with Crippen LogP contribution < -0.4 is 10.6 Å². The van der Waals surface area contributed by atoms with E-state index >= 15 is 0 Å². The first kappa shape index (κ1) is 14.4. The number of aryl methyl sites for hydroxylation is 1. The number of nitrogens with two attached hydrogens (primary N) is 1. The number of nitrogens with zero attached hydrogens (tertiary/aromatic N) is 4. The van der Waals surface area contributed by atoms with E-state index in [1.165, 1.54) is 0 Å². The lowest BCUT2D eigenvalue weighted by atomic mass is 9.98. The van der Waals surface area contributed by atoms with Gasteiger partial charge >= 0.3 is 5.69 Å². The lowest BCUT2D eigenvalue weighted by Gasteiger charge is -2.23. The van der Waals surface area contributed by atoms with Crippen molar-refractivity contribution in [2.75, 3.05) is 23.7 Å². The Hall–Kier alpha value is -1.96. The molecule has 1 atom stereocenters. The van der Waals surface area contributed by atoms with Gasteiger partial charge in [-0.1, -0.05) is 0 Å². The summed E-state index contributed by atoms with van der Waals surface area (Å²) in [5.74, 6) is 0.275. The fraction of sp³-hybridized carbons (Fsp3) is 0.667. The summed E-state index contributed by atoms with van der Waals surface area (Å²) < 4.78 is 0. The van der Waals surface area contributed by atoms with Gasteiger partial charge in [0.1, 0.15) is 5.69 Å². The minimum absolute atomic E-state index is 0.0270. The molecule has 0 radical (unpaired) electrons. The van der Waals surface area contributed by atoms with Crippen molar-refractivity contribution in [1.29, 1.82) is 0 Å². The van der Waals surface area contributed by atoms with Gasteiger partial charge in [0, 0.05) is 13.1 Å². The SMILES string of the molecule is Cc1nc(N)nc(N2CCCC(C)(O)CC2)c1[N+](=O)[O-]. The average Bonchev–Trinajstić information content (AvgIpc) is 2.48. The zero-order chi connectivity index (χ0) is 14.9. The molecule has 8 nitrogen and oxygen atoms in total. The molecule has 1 aromatic rings. The van der Waals surface area contributed by atoms with Crippen LogP contribution in [0.1, 0.15) is 31.9 Å². The van der Waals surface area contributed by atoms with E-state index in [9.17, 15) is 15.2 Å². The second-order valence-corrected chi connectivity index (χ2v) is 5.43. The van der Waals surface area contributed by atoms with Crippen LogP contribution in [0.15, 0.2) is 0 Å². The van der Waals surface area contributed by atoms with Crippen LogP contribution in [0.4, 0.5) is 17.5 Å². The Morgan fingerprint density at radius 1 is 1.40 bits per heavy atom. The smallest absolute Gasteiger partial charge is 0.332 e. The normalized spacial score (nSPS) is 23.4. The fourth-order valence-electron chi connectivity index (χ4n) is 2.48. The maximum absolute atomic E-state index is 11.2. The molecule has 3 N–H and O–H groups in total. The summed E-state index contributed by atoms with van der Waals surface area (Å²) in [6.07, 6.45) is 1.94. The molecule has 0 aliphatic carbocycles. The summed E-state index contributed by atoms with van der Waals surface area (Å²) >= 11 is 0. The van der Waals surface area contributed by atoms with E-state index in [0.717, 1.165) is 6.42 Å². The summed E-state index contributed by atoms with van der Waals surface area (Å²) in [6.45, 7) is 4.44. The maximum Gasteiger partial charge on any atom is 0.332 e. The number of rotatable bonds is 2. The highest BCUT2D eigenvalue weighted by molar-refractivity contribution is 5.62. The Labute approximate surface area is 116 Å². The topological polar surface area (TPSA) is 118 Å². The van der Waals surface area contributed by atoms with Gasteiger partial charge in [0.25, 0.3) is 0 Å². The maximum atomic E-state index is 11.2. The van der Waals surface area contributed by atoms with Crippen LogP contribution >= 0.6 is 0 Å². The van der Waals surface area contributed by atoms with Crippen LogP contribution in [0.2, 0.25) is 0 Å². The molecule has 0 amide bonds. The van der Waals surface area contributed by atoms with Gasteiger partial charge in [-0.05, 0) is 33.1 Å². The molecule has 1 aromatic heterocycles. The van der Waals surface area contributed by atoms with Crippen molar-refractivity contribution in [2.24, 2.45) is 0 Å². The monoisotopic (exact) mass is 281 g/mol. The van der Waals surface area contributed by atoms with Crippen molar-refractivity contribution < 1.29 is 10.0 Å². The highest BCUT2D eigenvalue weighted by Gasteiger charge is 2.30. The molecule has 20 heavy (non-hydrogen) atoms. The molecule has 0 spiro atoms. The van der Waals surface area contributed by atoms with Gasteiger partial charge in [-0.3, -0.25) is 10.1 Å². The molecular weight excluding hydrogens is 262 g/mol. The molecular formula is C12H19N5O3. The first-order valence-corrected chi connectivity index (χ1v) is 6.56. The highest BCUT2D eigenvalue weighted by atomic mass is 16.6. The summed E-state index contributed by atoms with van der Waals surface area (Å²) in [5, 5.41) is 21.3. The standard InChI is InChI=1S/C12H19N5O3/c1-8-9(17(19)20)10(15-11(13)14-8)16-6-3-4-12(2,18)5-7-16/h18H,3-7H2,1-2H3,(H2,13,14,15). The average molecular weight is 281 g/mol. The molecule has 2 heterocycles. The summed E-state index contributed by atoms with van der Waals surface area (Å²) in [5.41, 5.74) is 5.02. The van der Waals surface area contributed by atoms with E-state index in [4.69, 9.17) is 5.73 Å². The minimum atomic E-state index is -0.739. The molecule has 0 bridgehead atoms. The van der Waals surface area contributed by atoms with E-state index in [1.807, 2.05) is 4.90 Å². The minimum Gasteiger partial charge on any atom is -0.390 e. The summed E-state index contributed by atoms with van der Waals surface area (Å²) in [4.78, 5) is 20.4. The number of nitrogen functional groups attached to an aromatic ring is 1. The van der Waals surface area contributed by atoms with E-state index in [-0.39, 0.29) is 23.1 Å². The van der Waals surface area contributed by atoms with Gasteiger partial charge in [-0.15, -0.1) is 0 Å². The van der Waals surface area contributed by atoms with Crippen LogP contribution in [0.25, 0.3) is 0 Å². The van der Waals surface area contributed by atoms with Gasteiger partial charge in [0.15, 0.2) is 0 Å². The summed E-state index contributed by atoms with van der Waals surface area (Å²) in [6, 6.07) is 0. The molecule has 0 aromatic carbocycles. The first-order chi connectivity index (χ1) is 9.30. The number of aromatic nitrogens is 2. The Morgan fingerprint density at radius 2 is 2.10 bits per heavy atom. The Balaban J connectivity index is 2.39. The van der Waals surface area contributed by atoms with Crippen LogP contribution in [0.3, 0.4) is 0 Å². The van der Waals surface area contributed by atoms with Gasteiger partial charge in [0.05, 0.1) is 10.5 Å². The molecule has 1 aliphatic rings. The number of aliphatic hydroxyl groups is 1. The van der Waals surface area contributed by atoms with E-state index in [2.05, 4.69) is 9.97 Å². The van der Waals surface area contributed by atoms with Gasteiger partial charge < -0.3 is 15.7 Å². The number of nitro groups is 1. The quantitative estimate of drug-likeness (QED) is 0.613. The lowest BCUT2D eigenvalue weighted by Crippen LogP contribution is -2.29. The van der Waals surface area contributed by atoms with E-state index in [0.29, 0.717) is 25.9 Å². The molecule has 1 aliphatic heterocycles. The van der Waals surface area contributed by atoms with Crippen LogP contribution in [-0.2, 0) is 0 Å². The van der Waals surface area contributed by atoms with Gasteiger partial charge in [-0.25, -0.2) is 4.98 Å². The molecule has 1 unspecified atom stereocenters. The van der Waals surface area contributed by atoms with Crippen molar-refractivity contribution in [3.05, 3.63) is 15.8 Å². The fourth-order valence-corrected chi connectivity index (χ4v) is 2.48. The second kappa shape index (κ2) is 5.20. The predicted octanol–water partition coefficient (Wildman–Crippen LogP) is 1.02. The highest BCUT2D eigenvalue weighted by Crippen LogP contribution is 2.32. The first-order valence-electron chi connectivity index (χ1n) is 6.56. The third-order valence-corrected chi connectivity index (χ3v) is 3.60. The molecule has 8 heteroatoms. The van der Waals surface area contributed by atoms with Crippen LogP contribution in [0.5, 0.6) is 0 Å².